The molecule has 0 unspecified atom stereocenters. The molecular formula is C18H21N5O. The van der Waals surface area contributed by atoms with E-state index in [2.05, 4.69) is 32.3 Å². The second-order valence-electron chi connectivity index (χ2n) is 6.25. The van der Waals surface area contributed by atoms with E-state index < -0.39 is 0 Å². The summed E-state index contributed by atoms with van der Waals surface area (Å²) in [6.07, 6.45) is 6.92. The Kier molecular flexibility index (Phi) is 4.38. The van der Waals surface area contributed by atoms with Crippen LogP contribution in [0.1, 0.15) is 30.2 Å². The fourth-order valence-electron chi connectivity index (χ4n) is 3.30. The topological polar surface area (TPSA) is 60.0 Å². The van der Waals surface area contributed by atoms with Gasteiger partial charge in [-0.2, -0.15) is 5.10 Å². The molecule has 0 N–H and O–H groups in total. The van der Waals surface area contributed by atoms with Gasteiger partial charge in [-0.05, 0) is 31.0 Å². The average molecular weight is 323 g/mol. The van der Waals surface area contributed by atoms with Gasteiger partial charge in [-0.25, -0.2) is 0 Å². The molecular weight excluding hydrogens is 302 g/mol. The van der Waals surface area contributed by atoms with Crippen LogP contribution < -0.4 is 0 Å². The molecule has 6 heteroatoms. The van der Waals surface area contributed by atoms with Gasteiger partial charge in [0.15, 0.2) is 0 Å². The van der Waals surface area contributed by atoms with E-state index >= 15 is 0 Å². The van der Waals surface area contributed by atoms with Crippen molar-refractivity contribution >= 4 is 0 Å². The van der Waals surface area contributed by atoms with E-state index in [0.717, 1.165) is 13.1 Å². The number of benzene rings is 1. The lowest BCUT2D eigenvalue weighted by molar-refractivity contribution is 0.198. The fourth-order valence-corrected chi connectivity index (χ4v) is 3.30. The summed E-state index contributed by atoms with van der Waals surface area (Å²) in [5.74, 6) is 1.38. The van der Waals surface area contributed by atoms with Gasteiger partial charge in [-0.15, -0.1) is 10.2 Å². The van der Waals surface area contributed by atoms with Crippen LogP contribution in [0.15, 0.2) is 53.2 Å². The lowest BCUT2D eigenvalue weighted by Crippen LogP contribution is -2.32. The van der Waals surface area contributed by atoms with Crippen molar-refractivity contribution in [3.8, 4) is 0 Å². The molecule has 2 aromatic heterocycles. The van der Waals surface area contributed by atoms with Gasteiger partial charge in [0.25, 0.3) is 0 Å². The Balaban J connectivity index is 1.38. The first kappa shape index (κ1) is 15.1. The third-order valence-electron chi connectivity index (χ3n) is 4.50. The second kappa shape index (κ2) is 6.97. The zero-order valence-corrected chi connectivity index (χ0v) is 13.6. The minimum atomic E-state index is 0.481. The lowest BCUT2D eigenvalue weighted by Gasteiger charge is -2.22. The molecule has 0 saturated carbocycles. The van der Waals surface area contributed by atoms with Gasteiger partial charge in [0, 0.05) is 18.4 Å². The molecule has 0 spiro atoms. The maximum absolute atomic E-state index is 5.85. The Hall–Kier alpha value is -2.47. The van der Waals surface area contributed by atoms with Gasteiger partial charge in [0.05, 0.1) is 19.5 Å². The van der Waals surface area contributed by atoms with Crippen molar-refractivity contribution < 1.29 is 4.42 Å². The number of hydrogen-bond acceptors (Lipinski definition) is 5. The fraction of sp³-hybridized carbons (Fsp3) is 0.389. The molecule has 1 aliphatic rings. The van der Waals surface area contributed by atoms with E-state index in [1.165, 1.54) is 18.4 Å². The van der Waals surface area contributed by atoms with Crippen molar-refractivity contribution in [3.63, 3.8) is 0 Å². The minimum Gasteiger partial charge on any atom is -0.424 e. The average Bonchev–Trinajstić information content (AvgIpc) is 3.34. The van der Waals surface area contributed by atoms with Crippen LogP contribution in [0.2, 0.25) is 0 Å². The van der Waals surface area contributed by atoms with Crippen LogP contribution in [-0.2, 0) is 19.5 Å². The Labute approximate surface area is 141 Å². The third kappa shape index (κ3) is 3.54. The molecule has 24 heavy (non-hydrogen) atoms. The van der Waals surface area contributed by atoms with Crippen molar-refractivity contribution in [2.45, 2.75) is 38.4 Å². The predicted octanol–water partition coefficient (Wildman–Crippen LogP) is 2.52. The van der Waals surface area contributed by atoms with Gasteiger partial charge in [0.1, 0.15) is 0 Å². The molecule has 1 atom stereocenters. The Morgan fingerprint density at radius 3 is 2.79 bits per heavy atom. The number of rotatable bonds is 6. The first-order valence-corrected chi connectivity index (χ1v) is 8.43. The molecule has 0 bridgehead atoms. The van der Waals surface area contributed by atoms with Gasteiger partial charge >= 0.3 is 0 Å². The summed E-state index contributed by atoms with van der Waals surface area (Å²) < 4.78 is 7.84. The summed E-state index contributed by atoms with van der Waals surface area (Å²) in [5, 5.41) is 12.7. The molecule has 0 radical (unpaired) electrons. The Bertz CT molecular complexity index is 753. The standard InChI is InChI=1S/C18H21N5O/c1-2-6-15(7-3-1)12-17-20-21-18(24-17)14-22-10-4-8-16(22)13-23-11-5-9-19-23/h1-3,5-7,9,11,16H,4,8,10,12-14H2/t16-/m1/s1. The molecule has 3 heterocycles. The van der Waals surface area contributed by atoms with Crippen LogP contribution in [0, 0.1) is 0 Å². The molecule has 4 rings (SSSR count). The van der Waals surface area contributed by atoms with Crippen LogP contribution in [0.3, 0.4) is 0 Å². The highest BCUT2D eigenvalue weighted by Gasteiger charge is 2.26. The van der Waals surface area contributed by atoms with E-state index in [4.69, 9.17) is 4.42 Å². The molecule has 0 amide bonds. The highest BCUT2D eigenvalue weighted by Crippen LogP contribution is 2.21. The lowest BCUT2D eigenvalue weighted by atomic mass is 10.2. The van der Waals surface area contributed by atoms with Crippen molar-refractivity contribution in [1.82, 2.24) is 24.9 Å². The van der Waals surface area contributed by atoms with Crippen LogP contribution in [0.25, 0.3) is 0 Å². The van der Waals surface area contributed by atoms with E-state index in [1.54, 1.807) is 0 Å². The smallest absolute Gasteiger partial charge is 0.230 e. The molecule has 1 fully saturated rings. The van der Waals surface area contributed by atoms with Crippen LogP contribution in [-0.4, -0.2) is 37.5 Å². The minimum absolute atomic E-state index is 0.481. The normalized spacial score (nSPS) is 18.2. The monoisotopic (exact) mass is 323 g/mol. The number of aromatic nitrogens is 4. The van der Waals surface area contributed by atoms with E-state index in [9.17, 15) is 0 Å². The SMILES string of the molecule is c1ccc(Cc2nnc(CN3CCC[C@@H]3Cn3cccn3)o2)cc1. The summed E-state index contributed by atoms with van der Waals surface area (Å²) in [5.41, 5.74) is 1.19. The van der Waals surface area contributed by atoms with Gasteiger partial charge < -0.3 is 4.42 Å². The van der Waals surface area contributed by atoms with Crippen molar-refractivity contribution in [2.75, 3.05) is 6.54 Å². The Morgan fingerprint density at radius 2 is 1.96 bits per heavy atom. The summed E-state index contributed by atoms with van der Waals surface area (Å²) >= 11 is 0. The summed E-state index contributed by atoms with van der Waals surface area (Å²) in [6, 6.07) is 12.7. The Morgan fingerprint density at radius 1 is 1.08 bits per heavy atom. The zero-order valence-electron chi connectivity index (χ0n) is 13.6. The summed E-state index contributed by atoms with van der Waals surface area (Å²) in [6.45, 7) is 2.70. The van der Waals surface area contributed by atoms with Crippen molar-refractivity contribution in [3.05, 3.63) is 66.1 Å². The maximum atomic E-state index is 5.85. The third-order valence-corrected chi connectivity index (χ3v) is 4.50. The molecule has 1 saturated heterocycles. The molecule has 1 aromatic carbocycles. The van der Waals surface area contributed by atoms with Gasteiger partial charge in [-0.3, -0.25) is 9.58 Å². The quantitative estimate of drug-likeness (QED) is 0.697. The van der Waals surface area contributed by atoms with Crippen LogP contribution in [0.5, 0.6) is 0 Å². The largest absolute Gasteiger partial charge is 0.424 e. The van der Waals surface area contributed by atoms with E-state index in [-0.39, 0.29) is 0 Å². The van der Waals surface area contributed by atoms with Gasteiger partial charge in [0.2, 0.25) is 11.8 Å². The highest BCUT2D eigenvalue weighted by atomic mass is 16.4. The second-order valence-corrected chi connectivity index (χ2v) is 6.25. The molecule has 6 nitrogen and oxygen atoms in total. The number of nitrogens with zero attached hydrogens (tertiary/aromatic N) is 5. The number of likely N-dealkylation sites (tertiary alicyclic amines) is 1. The highest BCUT2D eigenvalue weighted by molar-refractivity contribution is 5.17. The number of hydrogen-bond donors (Lipinski definition) is 0. The predicted molar refractivity (Wildman–Crippen MR) is 89.2 cm³/mol. The first-order chi connectivity index (χ1) is 11.9. The molecule has 0 aliphatic carbocycles. The van der Waals surface area contributed by atoms with E-state index in [1.807, 2.05) is 41.3 Å². The van der Waals surface area contributed by atoms with Crippen LogP contribution >= 0.6 is 0 Å². The summed E-state index contributed by atoms with van der Waals surface area (Å²) in [4.78, 5) is 2.42. The maximum Gasteiger partial charge on any atom is 0.230 e. The first-order valence-electron chi connectivity index (χ1n) is 8.43. The van der Waals surface area contributed by atoms with Crippen LogP contribution in [0.4, 0.5) is 0 Å². The zero-order chi connectivity index (χ0) is 16.2. The van der Waals surface area contributed by atoms with E-state index in [0.29, 0.717) is 30.8 Å². The molecule has 124 valence electrons. The van der Waals surface area contributed by atoms with Crippen molar-refractivity contribution in [2.24, 2.45) is 0 Å². The molecule has 1 aliphatic heterocycles. The summed E-state index contributed by atoms with van der Waals surface area (Å²) in [7, 11) is 0. The van der Waals surface area contributed by atoms with Crippen molar-refractivity contribution in [1.29, 1.82) is 0 Å². The molecule has 3 aromatic rings. The van der Waals surface area contributed by atoms with Gasteiger partial charge in [-0.1, -0.05) is 30.3 Å².